The van der Waals surface area contributed by atoms with Gasteiger partial charge in [-0.3, -0.25) is 4.68 Å². The molecule has 2 N–H and O–H groups in total. The predicted octanol–water partition coefficient (Wildman–Crippen LogP) is 2.86. The summed E-state index contributed by atoms with van der Waals surface area (Å²) in [5.41, 5.74) is 8.46. The first-order valence-electron chi connectivity index (χ1n) is 6.12. The molecule has 4 heteroatoms. The lowest BCUT2D eigenvalue weighted by Gasteiger charge is -2.16. The summed E-state index contributed by atoms with van der Waals surface area (Å²) in [5, 5.41) is 4.19. The molecule has 0 aliphatic rings. The summed E-state index contributed by atoms with van der Waals surface area (Å²) in [6.45, 7) is 0.670. The third kappa shape index (κ3) is 3.21. The number of nitrogens with two attached hydrogens (primary N) is 1. The summed E-state index contributed by atoms with van der Waals surface area (Å²) >= 11 is 3.60. The minimum absolute atomic E-state index is 0.390. The van der Waals surface area contributed by atoms with Crippen LogP contribution in [-0.4, -0.2) is 16.3 Å². The quantitative estimate of drug-likeness (QED) is 0.923. The molecule has 1 heterocycles. The summed E-state index contributed by atoms with van der Waals surface area (Å²) < 4.78 is 2.98. The lowest BCUT2D eigenvalue weighted by atomic mass is 9.93. The van der Waals surface area contributed by atoms with E-state index in [0.29, 0.717) is 12.5 Å². The Morgan fingerprint density at radius 2 is 2.17 bits per heavy atom. The first kappa shape index (κ1) is 13.3. The SMILES string of the molecule is Cn1cc(CCC(CN)c2ccccc2Br)cn1. The summed E-state index contributed by atoms with van der Waals surface area (Å²) in [4.78, 5) is 0. The van der Waals surface area contributed by atoms with Crippen molar-refractivity contribution >= 4 is 15.9 Å². The average Bonchev–Trinajstić information content (AvgIpc) is 2.78. The van der Waals surface area contributed by atoms with Gasteiger partial charge < -0.3 is 5.73 Å². The van der Waals surface area contributed by atoms with Crippen LogP contribution in [0, 0.1) is 0 Å². The van der Waals surface area contributed by atoms with Crippen LogP contribution in [0.4, 0.5) is 0 Å². The van der Waals surface area contributed by atoms with E-state index >= 15 is 0 Å². The molecule has 0 spiro atoms. The minimum atomic E-state index is 0.390. The third-order valence-electron chi connectivity index (χ3n) is 3.17. The van der Waals surface area contributed by atoms with Crippen LogP contribution in [0.2, 0.25) is 0 Å². The Bertz CT molecular complexity index is 507. The molecule has 0 fully saturated rings. The topological polar surface area (TPSA) is 43.8 Å². The minimum Gasteiger partial charge on any atom is -0.330 e. The fourth-order valence-corrected chi connectivity index (χ4v) is 2.76. The molecule has 1 unspecified atom stereocenters. The average molecular weight is 308 g/mol. The predicted molar refractivity (Wildman–Crippen MR) is 77.5 cm³/mol. The van der Waals surface area contributed by atoms with Crippen LogP contribution in [0.3, 0.4) is 0 Å². The highest BCUT2D eigenvalue weighted by molar-refractivity contribution is 9.10. The fraction of sp³-hybridized carbons (Fsp3) is 0.357. The maximum Gasteiger partial charge on any atom is 0.0521 e. The van der Waals surface area contributed by atoms with E-state index in [1.165, 1.54) is 11.1 Å². The summed E-state index contributed by atoms with van der Waals surface area (Å²) in [5.74, 6) is 0.390. The second-order valence-corrected chi connectivity index (χ2v) is 5.37. The molecular weight excluding hydrogens is 290 g/mol. The molecular formula is C14H18BrN3. The summed E-state index contributed by atoms with van der Waals surface area (Å²) in [6.07, 6.45) is 6.04. The molecule has 0 aliphatic heterocycles. The van der Waals surface area contributed by atoms with Crippen molar-refractivity contribution < 1.29 is 0 Å². The zero-order valence-corrected chi connectivity index (χ0v) is 12.1. The molecule has 18 heavy (non-hydrogen) atoms. The molecule has 0 saturated heterocycles. The van der Waals surface area contributed by atoms with Gasteiger partial charge in [0.15, 0.2) is 0 Å². The van der Waals surface area contributed by atoms with Gasteiger partial charge in [0, 0.05) is 17.7 Å². The van der Waals surface area contributed by atoms with Crippen molar-refractivity contribution in [3.63, 3.8) is 0 Å². The van der Waals surface area contributed by atoms with E-state index in [1.807, 2.05) is 24.0 Å². The molecule has 96 valence electrons. The number of aromatic nitrogens is 2. The van der Waals surface area contributed by atoms with Crippen molar-refractivity contribution in [2.24, 2.45) is 12.8 Å². The van der Waals surface area contributed by atoms with Gasteiger partial charge in [-0.05, 0) is 42.5 Å². The maximum absolute atomic E-state index is 5.90. The van der Waals surface area contributed by atoms with Crippen molar-refractivity contribution in [2.45, 2.75) is 18.8 Å². The Morgan fingerprint density at radius 3 is 2.78 bits per heavy atom. The van der Waals surface area contributed by atoms with Crippen molar-refractivity contribution in [3.05, 3.63) is 52.3 Å². The van der Waals surface area contributed by atoms with E-state index in [4.69, 9.17) is 5.73 Å². The molecule has 2 rings (SSSR count). The molecule has 2 aromatic rings. The number of hydrogen-bond donors (Lipinski definition) is 1. The second kappa shape index (κ2) is 6.16. The maximum atomic E-state index is 5.90. The number of nitrogens with zero attached hydrogens (tertiary/aromatic N) is 2. The van der Waals surface area contributed by atoms with Crippen molar-refractivity contribution in [1.29, 1.82) is 0 Å². The molecule has 0 amide bonds. The molecule has 0 radical (unpaired) electrons. The van der Waals surface area contributed by atoms with Gasteiger partial charge in [0.2, 0.25) is 0 Å². The fourth-order valence-electron chi connectivity index (χ4n) is 2.15. The van der Waals surface area contributed by atoms with E-state index in [9.17, 15) is 0 Å². The van der Waals surface area contributed by atoms with Gasteiger partial charge in [0.05, 0.1) is 6.20 Å². The Kier molecular flexibility index (Phi) is 4.55. The van der Waals surface area contributed by atoms with Gasteiger partial charge in [-0.25, -0.2) is 0 Å². The zero-order valence-electron chi connectivity index (χ0n) is 10.5. The molecule has 3 nitrogen and oxygen atoms in total. The summed E-state index contributed by atoms with van der Waals surface area (Å²) in [7, 11) is 1.94. The van der Waals surface area contributed by atoms with Gasteiger partial charge in [0.1, 0.15) is 0 Å². The van der Waals surface area contributed by atoms with E-state index < -0.39 is 0 Å². The standard InChI is InChI=1S/C14H18BrN3/c1-18-10-11(9-17-18)6-7-12(8-16)13-4-2-3-5-14(13)15/h2-5,9-10,12H,6-8,16H2,1H3. The van der Waals surface area contributed by atoms with Crippen molar-refractivity contribution in [3.8, 4) is 0 Å². The van der Waals surface area contributed by atoms with Gasteiger partial charge in [-0.15, -0.1) is 0 Å². The first-order valence-corrected chi connectivity index (χ1v) is 6.92. The molecule has 1 aromatic carbocycles. The monoisotopic (exact) mass is 307 g/mol. The van der Waals surface area contributed by atoms with Gasteiger partial charge in [-0.2, -0.15) is 5.10 Å². The molecule has 1 atom stereocenters. The lowest BCUT2D eigenvalue weighted by Crippen LogP contribution is -2.13. The van der Waals surface area contributed by atoms with Crippen LogP contribution in [0.15, 0.2) is 41.1 Å². The van der Waals surface area contributed by atoms with Gasteiger partial charge in [0.25, 0.3) is 0 Å². The number of hydrogen-bond acceptors (Lipinski definition) is 2. The van der Waals surface area contributed by atoms with Crippen LogP contribution in [0.25, 0.3) is 0 Å². The second-order valence-electron chi connectivity index (χ2n) is 4.52. The van der Waals surface area contributed by atoms with Crippen LogP contribution in [-0.2, 0) is 13.5 Å². The van der Waals surface area contributed by atoms with E-state index in [0.717, 1.165) is 17.3 Å². The van der Waals surface area contributed by atoms with Crippen LogP contribution in [0.1, 0.15) is 23.5 Å². The highest BCUT2D eigenvalue weighted by Crippen LogP contribution is 2.27. The van der Waals surface area contributed by atoms with Gasteiger partial charge >= 0.3 is 0 Å². The van der Waals surface area contributed by atoms with E-state index in [-0.39, 0.29) is 0 Å². The highest BCUT2D eigenvalue weighted by Gasteiger charge is 2.12. The molecule has 1 aromatic heterocycles. The van der Waals surface area contributed by atoms with E-state index in [2.05, 4.69) is 45.4 Å². The van der Waals surface area contributed by atoms with Crippen molar-refractivity contribution in [2.75, 3.05) is 6.54 Å². The Labute approximate surface area is 116 Å². The van der Waals surface area contributed by atoms with Crippen LogP contribution < -0.4 is 5.73 Å². The third-order valence-corrected chi connectivity index (χ3v) is 3.89. The smallest absolute Gasteiger partial charge is 0.0521 e. The number of benzene rings is 1. The van der Waals surface area contributed by atoms with Crippen LogP contribution >= 0.6 is 15.9 Å². The van der Waals surface area contributed by atoms with E-state index in [1.54, 1.807) is 0 Å². The number of halogens is 1. The number of aryl methyl sites for hydroxylation is 2. The van der Waals surface area contributed by atoms with Crippen LogP contribution in [0.5, 0.6) is 0 Å². The largest absolute Gasteiger partial charge is 0.330 e. The molecule has 0 bridgehead atoms. The lowest BCUT2D eigenvalue weighted by molar-refractivity contribution is 0.631. The molecule has 0 saturated carbocycles. The molecule has 0 aliphatic carbocycles. The first-order chi connectivity index (χ1) is 8.70. The normalized spacial score (nSPS) is 12.6. The van der Waals surface area contributed by atoms with Gasteiger partial charge in [-0.1, -0.05) is 34.1 Å². The zero-order chi connectivity index (χ0) is 13.0. The Balaban J connectivity index is 2.04. The Morgan fingerprint density at radius 1 is 1.39 bits per heavy atom. The summed E-state index contributed by atoms with van der Waals surface area (Å²) in [6, 6.07) is 8.31. The van der Waals surface area contributed by atoms with Crippen molar-refractivity contribution in [1.82, 2.24) is 9.78 Å². The highest BCUT2D eigenvalue weighted by atomic mass is 79.9. The number of rotatable bonds is 5. The Hall–Kier alpha value is -1.13.